The summed E-state index contributed by atoms with van der Waals surface area (Å²) >= 11 is 1.18. The van der Waals surface area contributed by atoms with Gasteiger partial charge in [-0.3, -0.25) is 4.79 Å². The average molecular weight is 207 g/mol. The Hall–Kier alpha value is -1.49. The van der Waals surface area contributed by atoms with E-state index >= 15 is 0 Å². The summed E-state index contributed by atoms with van der Waals surface area (Å²) in [4.78, 5) is 13.7. The fourth-order valence-electron chi connectivity index (χ4n) is 1.30. The average Bonchev–Trinajstić information content (AvgIpc) is 2.55. The Kier molecular flexibility index (Phi) is 2.17. The van der Waals surface area contributed by atoms with Gasteiger partial charge in [0.2, 0.25) is 0 Å². The molecule has 1 aromatic heterocycles. The minimum absolute atomic E-state index is 0.0485. The van der Waals surface area contributed by atoms with E-state index in [0.717, 1.165) is 15.8 Å². The number of nitrogens with one attached hydrogen (secondary N) is 2. The zero-order chi connectivity index (χ0) is 10.1. The Morgan fingerprint density at radius 2 is 2.36 bits per heavy atom. The summed E-state index contributed by atoms with van der Waals surface area (Å²) in [6.45, 7) is 1.85. The first-order valence-corrected chi connectivity index (χ1v) is 5.01. The molecule has 2 aromatic rings. The molecule has 0 aliphatic carbocycles. The molecule has 0 spiro atoms. The van der Waals surface area contributed by atoms with E-state index in [2.05, 4.69) is 10.1 Å². The molecule has 2 rings (SSSR count). The van der Waals surface area contributed by atoms with E-state index in [1.165, 1.54) is 11.3 Å². The van der Waals surface area contributed by atoms with Gasteiger partial charge in [-0.25, -0.2) is 5.53 Å². The molecular weight excluding hydrogens is 198 g/mol. The Morgan fingerprint density at radius 1 is 1.57 bits per heavy atom. The number of hydrogen-bond donors (Lipinski definition) is 2. The second-order valence-corrected chi connectivity index (χ2v) is 4.09. The summed E-state index contributed by atoms with van der Waals surface area (Å²) in [5, 5.41) is 3.44. The maximum atomic E-state index is 11.0. The second-order valence-electron chi connectivity index (χ2n) is 3.08. The largest absolute Gasteiger partial charge is 0.312 e. The van der Waals surface area contributed by atoms with E-state index in [4.69, 9.17) is 5.53 Å². The van der Waals surface area contributed by atoms with Gasteiger partial charge in [0, 0.05) is 0 Å². The van der Waals surface area contributed by atoms with E-state index in [1.807, 2.05) is 25.1 Å². The number of fused-ring (bicyclic) bond motifs is 1. The van der Waals surface area contributed by atoms with Crippen LogP contribution in [-0.2, 0) is 0 Å². The molecule has 1 aromatic carbocycles. The number of rotatable bonds is 2. The zero-order valence-corrected chi connectivity index (χ0v) is 8.39. The third-order valence-electron chi connectivity index (χ3n) is 2.12. The minimum Gasteiger partial charge on any atom is -0.312 e. The van der Waals surface area contributed by atoms with Crippen molar-refractivity contribution < 1.29 is 0 Å². The number of aromatic amines is 1. The first kappa shape index (κ1) is 9.08. The third kappa shape index (κ3) is 1.46. The van der Waals surface area contributed by atoms with Crippen molar-refractivity contribution in [2.45, 2.75) is 13.0 Å². The lowest BCUT2D eigenvalue weighted by molar-refractivity contribution is 0.735. The van der Waals surface area contributed by atoms with Gasteiger partial charge in [-0.05, 0) is 24.6 Å². The lowest BCUT2D eigenvalue weighted by Crippen LogP contribution is -1.89. The minimum atomic E-state index is -0.142. The van der Waals surface area contributed by atoms with Crippen molar-refractivity contribution in [2.75, 3.05) is 0 Å². The predicted molar refractivity (Wildman–Crippen MR) is 56.0 cm³/mol. The standard InChI is InChI=1S/C9H9N3OS/c1-5(12-10)6-2-3-7-8(4-6)14-9(13)11-7/h2-5,10H,1H3,(H,11,13). The maximum Gasteiger partial charge on any atom is 0.305 e. The van der Waals surface area contributed by atoms with Gasteiger partial charge < -0.3 is 4.98 Å². The monoisotopic (exact) mass is 207 g/mol. The highest BCUT2D eigenvalue weighted by molar-refractivity contribution is 7.16. The molecular formula is C9H9N3OS. The molecule has 0 saturated carbocycles. The van der Waals surface area contributed by atoms with Gasteiger partial charge in [-0.15, -0.1) is 0 Å². The Bertz CT molecular complexity index is 528. The quantitative estimate of drug-likeness (QED) is 0.730. The topological polar surface area (TPSA) is 69.1 Å². The number of hydrogen-bond acceptors (Lipinski definition) is 4. The van der Waals surface area contributed by atoms with E-state index in [-0.39, 0.29) is 10.9 Å². The summed E-state index contributed by atoms with van der Waals surface area (Å²) in [7, 11) is 0. The van der Waals surface area contributed by atoms with Crippen LogP contribution >= 0.6 is 11.3 Å². The molecule has 72 valence electrons. The molecule has 14 heavy (non-hydrogen) atoms. The van der Waals surface area contributed by atoms with Crippen LogP contribution in [0.15, 0.2) is 28.1 Å². The molecule has 1 unspecified atom stereocenters. The van der Waals surface area contributed by atoms with Gasteiger partial charge >= 0.3 is 4.87 Å². The molecule has 2 N–H and O–H groups in total. The van der Waals surface area contributed by atoms with Gasteiger partial charge in [0.1, 0.15) is 0 Å². The van der Waals surface area contributed by atoms with Gasteiger partial charge in [0.25, 0.3) is 0 Å². The Labute approximate surface area is 84.1 Å². The van der Waals surface area contributed by atoms with Crippen LogP contribution in [-0.4, -0.2) is 4.98 Å². The van der Waals surface area contributed by atoms with Gasteiger partial charge in [0.15, 0.2) is 0 Å². The van der Waals surface area contributed by atoms with Gasteiger partial charge in [-0.2, -0.15) is 5.11 Å². The maximum absolute atomic E-state index is 11.0. The smallest absolute Gasteiger partial charge is 0.305 e. The number of benzene rings is 1. The van der Waals surface area contributed by atoms with Gasteiger partial charge in [-0.1, -0.05) is 17.4 Å². The number of nitrogens with zero attached hydrogens (tertiary/aromatic N) is 1. The fourth-order valence-corrected chi connectivity index (χ4v) is 2.08. The number of H-pyrrole nitrogens is 1. The van der Waals surface area contributed by atoms with Crippen molar-refractivity contribution in [3.8, 4) is 0 Å². The van der Waals surface area contributed by atoms with Crippen molar-refractivity contribution in [1.29, 1.82) is 5.53 Å². The molecule has 4 nitrogen and oxygen atoms in total. The Balaban J connectivity index is 2.61. The first-order valence-electron chi connectivity index (χ1n) is 4.20. The highest BCUT2D eigenvalue weighted by Gasteiger charge is 2.05. The molecule has 0 amide bonds. The van der Waals surface area contributed by atoms with Crippen LogP contribution in [0.4, 0.5) is 0 Å². The van der Waals surface area contributed by atoms with Crippen molar-refractivity contribution >= 4 is 21.6 Å². The van der Waals surface area contributed by atoms with Crippen LogP contribution in [0.2, 0.25) is 0 Å². The van der Waals surface area contributed by atoms with Gasteiger partial charge in [0.05, 0.1) is 16.3 Å². The predicted octanol–water partition coefficient (Wildman–Crippen LogP) is 2.68. The molecule has 5 heteroatoms. The lowest BCUT2D eigenvalue weighted by atomic mass is 10.1. The Morgan fingerprint density at radius 3 is 3.07 bits per heavy atom. The van der Waals surface area contributed by atoms with Crippen LogP contribution < -0.4 is 4.87 Å². The summed E-state index contributed by atoms with van der Waals surface area (Å²) in [5.41, 5.74) is 8.73. The van der Waals surface area contributed by atoms with E-state index in [0.29, 0.717) is 0 Å². The first-order chi connectivity index (χ1) is 6.70. The normalized spacial score (nSPS) is 12.9. The lowest BCUT2D eigenvalue weighted by Gasteiger charge is -2.03. The summed E-state index contributed by atoms with van der Waals surface area (Å²) in [6, 6.07) is 5.50. The van der Waals surface area contributed by atoms with E-state index in [1.54, 1.807) is 0 Å². The fraction of sp³-hybridized carbons (Fsp3) is 0.222. The van der Waals surface area contributed by atoms with E-state index in [9.17, 15) is 4.79 Å². The van der Waals surface area contributed by atoms with Crippen LogP contribution in [0.3, 0.4) is 0 Å². The SMILES string of the molecule is CC(N=N)c1ccc2[nH]c(=O)sc2c1. The molecule has 0 fully saturated rings. The number of thiazole rings is 1. The van der Waals surface area contributed by atoms with Crippen molar-refractivity contribution in [3.63, 3.8) is 0 Å². The van der Waals surface area contributed by atoms with Crippen LogP contribution in [0, 0.1) is 5.53 Å². The van der Waals surface area contributed by atoms with Crippen LogP contribution in [0.5, 0.6) is 0 Å². The molecule has 1 atom stereocenters. The zero-order valence-electron chi connectivity index (χ0n) is 7.57. The summed E-state index contributed by atoms with van der Waals surface area (Å²) in [5.74, 6) is 0. The molecule has 0 radical (unpaired) electrons. The van der Waals surface area contributed by atoms with Crippen molar-refractivity contribution in [3.05, 3.63) is 33.4 Å². The van der Waals surface area contributed by atoms with Crippen molar-refractivity contribution in [2.24, 2.45) is 5.11 Å². The third-order valence-corrected chi connectivity index (χ3v) is 2.97. The van der Waals surface area contributed by atoms with Crippen LogP contribution in [0.25, 0.3) is 10.2 Å². The summed E-state index contributed by atoms with van der Waals surface area (Å²) < 4.78 is 0.919. The second kappa shape index (κ2) is 3.34. The van der Waals surface area contributed by atoms with Crippen molar-refractivity contribution in [1.82, 2.24) is 4.98 Å². The molecule has 0 aliphatic heterocycles. The van der Waals surface area contributed by atoms with Crippen LogP contribution in [0.1, 0.15) is 18.5 Å². The molecule has 0 saturated heterocycles. The molecule has 0 aliphatic rings. The molecule has 1 heterocycles. The molecule has 0 bridgehead atoms. The number of aromatic nitrogens is 1. The summed E-state index contributed by atoms with van der Waals surface area (Å²) in [6.07, 6.45) is 0. The highest BCUT2D eigenvalue weighted by Crippen LogP contribution is 2.22. The van der Waals surface area contributed by atoms with E-state index < -0.39 is 0 Å². The highest BCUT2D eigenvalue weighted by atomic mass is 32.1.